The molecule has 1 aromatic heterocycles. The fourth-order valence-corrected chi connectivity index (χ4v) is 3.53. The van der Waals surface area contributed by atoms with Gasteiger partial charge in [0.2, 0.25) is 0 Å². The van der Waals surface area contributed by atoms with Crippen LogP contribution in [0.5, 0.6) is 0 Å². The number of anilines is 1. The molecule has 2 saturated heterocycles. The minimum atomic E-state index is -0.957. The maximum absolute atomic E-state index is 14.1. The number of fused-ring (bicyclic) bond motifs is 2. The molecule has 4 rings (SSSR count). The topological polar surface area (TPSA) is 65.5 Å². The van der Waals surface area contributed by atoms with Gasteiger partial charge >= 0.3 is 11.8 Å². The van der Waals surface area contributed by atoms with Crippen LogP contribution in [0.1, 0.15) is 5.69 Å². The second-order valence-corrected chi connectivity index (χ2v) is 6.35. The molecule has 3 heterocycles. The van der Waals surface area contributed by atoms with Gasteiger partial charge in [0.25, 0.3) is 0 Å². The second kappa shape index (κ2) is 5.65. The molecule has 2 fully saturated rings. The Morgan fingerprint density at radius 2 is 2.04 bits per heavy atom. The van der Waals surface area contributed by atoms with Crippen molar-refractivity contribution in [2.45, 2.75) is 13.0 Å². The number of halogens is 2. The van der Waals surface area contributed by atoms with Crippen LogP contribution in [0, 0.1) is 18.6 Å². The summed E-state index contributed by atoms with van der Waals surface area (Å²) < 4.78 is 27.7. The first-order valence-corrected chi connectivity index (χ1v) is 8.05. The van der Waals surface area contributed by atoms with E-state index in [0.717, 1.165) is 11.8 Å². The summed E-state index contributed by atoms with van der Waals surface area (Å²) in [5.74, 6) is -2.98. The number of pyridine rings is 1. The maximum Gasteiger partial charge on any atom is 0.312 e. The Morgan fingerprint density at radius 1 is 1.24 bits per heavy atom. The zero-order valence-electron chi connectivity index (χ0n) is 13.6. The highest BCUT2D eigenvalue weighted by Crippen LogP contribution is 2.31. The maximum atomic E-state index is 14.1. The number of rotatable bonds is 1. The lowest BCUT2D eigenvalue weighted by Crippen LogP contribution is -2.65. The molecular formula is C17H16F2N4O2. The van der Waals surface area contributed by atoms with Crippen molar-refractivity contribution in [3.8, 4) is 0 Å². The van der Waals surface area contributed by atoms with Crippen LogP contribution in [-0.2, 0) is 9.59 Å². The van der Waals surface area contributed by atoms with Crippen molar-refractivity contribution in [2.24, 2.45) is 0 Å². The van der Waals surface area contributed by atoms with E-state index in [2.05, 4.69) is 10.3 Å². The highest BCUT2D eigenvalue weighted by molar-refractivity contribution is 6.35. The summed E-state index contributed by atoms with van der Waals surface area (Å²) in [6, 6.07) is 4.31. The highest BCUT2D eigenvalue weighted by Gasteiger charge is 2.38. The first-order chi connectivity index (χ1) is 12.0. The van der Waals surface area contributed by atoms with Crippen LogP contribution in [0.2, 0.25) is 0 Å². The van der Waals surface area contributed by atoms with E-state index in [1.807, 2.05) is 11.0 Å². The van der Waals surface area contributed by atoms with Gasteiger partial charge in [0.15, 0.2) is 11.6 Å². The number of amides is 2. The van der Waals surface area contributed by atoms with E-state index in [-0.39, 0.29) is 11.6 Å². The summed E-state index contributed by atoms with van der Waals surface area (Å²) in [5.41, 5.74) is 1.35. The molecule has 2 aliphatic heterocycles. The van der Waals surface area contributed by atoms with Crippen LogP contribution in [0.25, 0.3) is 10.9 Å². The molecule has 2 amide bonds. The Balaban J connectivity index is 1.72. The summed E-state index contributed by atoms with van der Waals surface area (Å²) in [4.78, 5) is 31.2. The highest BCUT2D eigenvalue weighted by atomic mass is 19.2. The van der Waals surface area contributed by atoms with Crippen LogP contribution in [0.15, 0.2) is 18.2 Å². The third kappa shape index (κ3) is 2.48. The molecule has 2 aromatic rings. The van der Waals surface area contributed by atoms with Gasteiger partial charge in [0.1, 0.15) is 5.52 Å². The van der Waals surface area contributed by atoms with E-state index in [1.54, 1.807) is 11.8 Å². The number of nitrogens with one attached hydrogen (secondary N) is 1. The van der Waals surface area contributed by atoms with Crippen LogP contribution >= 0.6 is 0 Å². The molecule has 6 nitrogen and oxygen atoms in total. The van der Waals surface area contributed by atoms with E-state index in [9.17, 15) is 18.4 Å². The molecule has 8 heteroatoms. The van der Waals surface area contributed by atoms with Crippen LogP contribution in [-0.4, -0.2) is 53.9 Å². The van der Waals surface area contributed by atoms with Gasteiger partial charge in [-0.15, -0.1) is 0 Å². The number of aromatic nitrogens is 1. The lowest BCUT2D eigenvalue weighted by Gasteiger charge is -2.44. The average Bonchev–Trinajstić information content (AvgIpc) is 2.61. The van der Waals surface area contributed by atoms with Gasteiger partial charge in [-0.05, 0) is 25.1 Å². The van der Waals surface area contributed by atoms with E-state index < -0.39 is 23.4 Å². The molecular weight excluding hydrogens is 330 g/mol. The Hall–Kier alpha value is -2.77. The largest absolute Gasteiger partial charge is 0.367 e. The summed E-state index contributed by atoms with van der Waals surface area (Å²) in [6.45, 7) is 3.53. The van der Waals surface area contributed by atoms with Crippen molar-refractivity contribution in [3.63, 3.8) is 0 Å². The van der Waals surface area contributed by atoms with E-state index in [4.69, 9.17) is 0 Å². The first kappa shape index (κ1) is 15.7. The lowest BCUT2D eigenvalue weighted by molar-refractivity contribution is -0.150. The van der Waals surface area contributed by atoms with E-state index >= 15 is 0 Å². The third-order valence-electron chi connectivity index (χ3n) is 4.76. The van der Waals surface area contributed by atoms with Crippen molar-refractivity contribution < 1.29 is 18.4 Å². The van der Waals surface area contributed by atoms with Gasteiger partial charge in [-0.3, -0.25) is 9.59 Å². The second-order valence-electron chi connectivity index (χ2n) is 6.35. The van der Waals surface area contributed by atoms with Crippen molar-refractivity contribution in [3.05, 3.63) is 35.5 Å². The summed E-state index contributed by atoms with van der Waals surface area (Å²) in [5, 5.41) is 3.12. The molecule has 2 aliphatic rings. The SMILES string of the molecule is Cc1cc(N2CCN3C(=O)C(=O)NC[C@@H]3C2)c2ccc(F)c(F)c2n1. The predicted octanol–water partition coefficient (Wildman–Crippen LogP) is 0.968. The van der Waals surface area contributed by atoms with Gasteiger partial charge in [0.05, 0.1) is 6.04 Å². The fourth-order valence-electron chi connectivity index (χ4n) is 3.53. The smallest absolute Gasteiger partial charge is 0.312 e. The number of carbonyl (C=O) groups excluding carboxylic acids is 2. The molecule has 0 unspecified atom stereocenters. The number of hydrogen-bond acceptors (Lipinski definition) is 4. The molecule has 0 aliphatic carbocycles. The number of piperazine rings is 2. The molecule has 0 radical (unpaired) electrons. The fraction of sp³-hybridized carbons (Fsp3) is 0.353. The van der Waals surface area contributed by atoms with Gasteiger partial charge < -0.3 is 15.1 Å². The van der Waals surface area contributed by atoms with Crippen molar-refractivity contribution >= 4 is 28.4 Å². The molecule has 0 bridgehead atoms. The van der Waals surface area contributed by atoms with Gasteiger partial charge in [-0.1, -0.05) is 0 Å². The normalized spacial score (nSPS) is 20.7. The van der Waals surface area contributed by atoms with Crippen molar-refractivity contribution in [1.29, 1.82) is 0 Å². The van der Waals surface area contributed by atoms with Crippen molar-refractivity contribution in [1.82, 2.24) is 15.2 Å². The Bertz CT molecular complexity index is 902. The number of nitrogens with zero attached hydrogens (tertiary/aromatic N) is 3. The molecule has 130 valence electrons. The molecule has 0 saturated carbocycles. The summed E-state index contributed by atoms with van der Waals surface area (Å²) in [6.07, 6.45) is 0. The van der Waals surface area contributed by atoms with Crippen LogP contribution in [0.4, 0.5) is 14.5 Å². The average molecular weight is 346 g/mol. The third-order valence-corrected chi connectivity index (χ3v) is 4.76. The number of carbonyl (C=O) groups is 2. The number of hydrogen-bond donors (Lipinski definition) is 1. The summed E-state index contributed by atoms with van der Waals surface area (Å²) >= 11 is 0. The monoisotopic (exact) mass is 346 g/mol. The molecule has 1 atom stereocenters. The predicted molar refractivity (Wildman–Crippen MR) is 87.1 cm³/mol. The first-order valence-electron chi connectivity index (χ1n) is 8.05. The number of aryl methyl sites for hydroxylation is 1. The van der Waals surface area contributed by atoms with Crippen LogP contribution < -0.4 is 10.2 Å². The summed E-state index contributed by atoms with van der Waals surface area (Å²) in [7, 11) is 0. The standard InChI is InChI=1S/C17H16F2N4O2/c1-9-6-13(11-2-3-12(18)14(19)15(11)21-9)22-4-5-23-10(8-22)7-20-16(24)17(23)25/h2-3,6,10H,4-5,7-8H2,1H3,(H,20,24)/t10-/m1/s1. The van der Waals surface area contributed by atoms with Crippen LogP contribution in [0.3, 0.4) is 0 Å². The van der Waals surface area contributed by atoms with Gasteiger partial charge in [0, 0.05) is 42.9 Å². The zero-order chi connectivity index (χ0) is 17.7. The van der Waals surface area contributed by atoms with Gasteiger partial charge in [-0.25, -0.2) is 13.8 Å². The zero-order valence-corrected chi connectivity index (χ0v) is 13.6. The Morgan fingerprint density at radius 3 is 2.84 bits per heavy atom. The number of benzene rings is 1. The lowest BCUT2D eigenvalue weighted by atomic mass is 10.1. The Kier molecular flexibility index (Phi) is 3.55. The quantitative estimate of drug-likeness (QED) is 0.782. The molecule has 25 heavy (non-hydrogen) atoms. The minimum absolute atomic E-state index is 0.00505. The molecule has 1 aromatic carbocycles. The Labute approximate surface area is 142 Å². The van der Waals surface area contributed by atoms with E-state index in [0.29, 0.717) is 37.3 Å². The van der Waals surface area contributed by atoms with Crippen molar-refractivity contribution in [2.75, 3.05) is 31.1 Å². The molecule has 1 N–H and O–H groups in total. The molecule has 0 spiro atoms. The van der Waals surface area contributed by atoms with E-state index in [1.165, 1.54) is 6.07 Å². The van der Waals surface area contributed by atoms with Gasteiger partial charge in [-0.2, -0.15) is 0 Å². The minimum Gasteiger partial charge on any atom is -0.367 e.